The van der Waals surface area contributed by atoms with Gasteiger partial charge in [-0.05, 0) is 30.5 Å². The van der Waals surface area contributed by atoms with Crippen molar-refractivity contribution in [1.29, 1.82) is 0 Å². The molecule has 0 unspecified atom stereocenters. The molecule has 1 N–H and O–H groups in total. The Labute approximate surface area is 114 Å². The number of hydrogen-bond acceptors (Lipinski definition) is 3. The Morgan fingerprint density at radius 2 is 2.32 bits per heavy atom. The fourth-order valence-electron chi connectivity index (χ4n) is 2.20. The lowest BCUT2D eigenvalue weighted by Gasteiger charge is -2.16. The second-order valence-electron chi connectivity index (χ2n) is 4.85. The molecule has 0 spiro atoms. The number of rotatable bonds is 4. The molecule has 1 aromatic carbocycles. The van der Waals surface area contributed by atoms with Gasteiger partial charge >= 0.3 is 0 Å². The lowest BCUT2D eigenvalue weighted by molar-refractivity contribution is 0.0945. The lowest BCUT2D eigenvalue weighted by atomic mass is 9.96. The molecule has 1 aliphatic carbocycles. The fourth-order valence-corrected chi connectivity index (χ4v) is 2.73. The van der Waals surface area contributed by atoms with Gasteiger partial charge in [0.1, 0.15) is 11.5 Å². The zero-order valence-corrected chi connectivity index (χ0v) is 11.0. The molecule has 19 heavy (non-hydrogen) atoms. The number of amides is 1. The monoisotopic (exact) mass is 276 g/mol. The van der Waals surface area contributed by atoms with Crippen molar-refractivity contribution in [3.63, 3.8) is 0 Å². The van der Waals surface area contributed by atoms with Gasteiger partial charge in [-0.15, -0.1) is 11.3 Å². The number of carbonyl (C=O) groups is 1. The van der Waals surface area contributed by atoms with Crippen molar-refractivity contribution in [1.82, 2.24) is 10.3 Å². The maximum Gasteiger partial charge on any atom is 0.270 e. The van der Waals surface area contributed by atoms with Crippen LogP contribution in [0.3, 0.4) is 0 Å². The molecule has 1 aromatic heterocycles. The van der Waals surface area contributed by atoms with Crippen LogP contribution in [0.15, 0.2) is 35.2 Å². The molecule has 5 heteroatoms. The first kappa shape index (κ1) is 12.3. The summed E-state index contributed by atoms with van der Waals surface area (Å²) >= 11 is 1.39. The van der Waals surface area contributed by atoms with E-state index in [4.69, 9.17) is 0 Å². The molecule has 3 rings (SSSR count). The summed E-state index contributed by atoms with van der Waals surface area (Å²) in [4.78, 5) is 15.8. The van der Waals surface area contributed by atoms with E-state index in [0.717, 1.165) is 18.4 Å². The first-order valence-corrected chi connectivity index (χ1v) is 7.06. The minimum Gasteiger partial charge on any atom is -0.350 e. The summed E-state index contributed by atoms with van der Waals surface area (Å²) in [6.07, 6.45) is 1.96. The average molecular weight is 276 g/mol. The SMILES string of the molecule is O=C(NCC1(c2cccc(F)c2)CC1)c1cscn1. The van der Waals surface area contributed by atoms with Crippen LogP contribution < -0.4 is 5.32 Å². The third kappa shape index (κ3) is 2.51. The Morgan fingerprint density at radius 3 is 2.95 bits per heavy atom. The summed E-state index contributed by atoms with van der Waals surface area (Å²) in [7, 11) is 0. The molecule has 98 valence electrons. The Bertz CT molecular complexity index is 593. The molecule has 0 radical (unpaired) electrons. The van der Waals surface area contributed by atoms with E-state index in [-0.39, 0.29) is 17.1 Å². The van der Waals surface area contributed by atoms with Gasteiger partial charge in [0.15, 0.2) is 0 Å². The maximum atomic E-state index is 13.3. The first-order valence-electron chi connectivity index (χ1n) is 6.12. The average Bonchev–Trinajstić information content (AvgIpc) is 3.00. The van der Waals surface area contributed by atoms with Gasteiger partial charge in [0, 0.05) is 17.3 Å². The summed E-state index contributed by atoms with van der Waals surface area (Å²) in [5.41, 5.74) is 2.95. The Hall–Kier alpha value is -1.75. The van der Waals surface area contributed by atoms with Crippen molar-refractivity contribution in [2.24, 2.45) is 0 Å². The van der Waals surface area contributed by atoms with Gasteiger partial charge in [-0.3, -0.25) is 4.79 Å². The van der Waals surface area contributed by atoms with Gasteiger partial charge in [-0.1, -0.05) is 12.1 Å². The van der Waals surface area contributed by atoms with Crippen LogP contribution in [0.1, 0.15) is 28.9 Å². The number of nitrogens with zero attached hydrogens (tertiary/aromatic N) is 1. The number of halogens is 1. The first-order chi connectivity index (χ1) is 9.20. The van der Waals surface area contributed by atoms with Gasteiger partial charge in [0.25, 0.3) is 5.91 Å². The summed E-state index contributed by atoms with van der Waals surface area (Å²) in [6, 6.07) is 6.63. The third-order valence-electron chi connectivity index (χ3n) is 3.54. The number of hydrogen-bond donors (Lipinski definition) is 1. The highest BCUT2D eigenvalue weighted by Gasteiger charge is 2.44. The van der Waals surface area contributed by atoms with Crippen LogP contribution in [0.5, 0.6) is 0 Å². The van der Waals surface area contributed by atoms with E-state index >= 15 is 0 Å². The van der Waals surface area contributed by atoms with Crippen molar-refractivity contribution in [3.8, 4) is 0 Å². The van der Waals surface area contributed by atoms with Crippen molar-refractivity contribution in [2.75, 3.05) is 6.54 Å². The molecule has 2 aromatic rings. The molecule has 0 bridgehead atoms. The van der Waals surface area contributed by atoms with Crippen LogP contribution in [-0.4, -0.2) is 17.4 Å². The van der Waals surface area contributed by atoms with Gasteiger partial charge in [-0.25, -0.2) is 9.37 Å². The van der Waals surface area contributed by atoms with E-state index in [1.165, 1.54) is 17.4 Å². The van der Waals surface area contributed by atoms with Crippen molar-refractivity contribution in [3.05, 3.63) is 52.2 Å². The molecular formula is C14H13FN2OS. The molecule has 0 atom stereocenters. The summed E-state index contributed by atoms with van der Waals surface area (Å²) in [6.45, 7) is 0.535. The number of thiazole rings is 1. The van der Waals surface area contributed by atoms with Crippen molar-refractivity contribution < 1.29 is 9.18 Å². The topological polar surface area (TPSA) is 42.0 Å². The molecule has 1 amide bonds. The third-order valence-corrected chi connectivity index (χ3v) is 4.13. The molecule has 1 saturated carbocycles. The van der Waals surface area contributed by atoms with Crippen LogP contribution in [0.2, 0.25) is 0 Å². The normalized spacial score (nSPS) is 16.1. The predicted molar refractivity (Wildman–Crippen MR) is 71.8 cm³/mol. The van der Waals surface area contributed by atoms with Crippen LogP contribution in [0.4, 0.5) is 4.39 Å². The van der Waals surface area contributed by atoms with E-state index in [9.17, 15) is 9.18 Å². The van der Waals surface area contributed by atoms with Gasteiger partial charge in [0.05, 0.1) is 5.51 Å². The zero-order valence-electron chi connectivity index (χ0n) is 10.2. The molecule has 3 nitrogen and oxygen atoms in total. The lowest BCUT2D eigenvalue weighted by Crippen LogP contribution is -2.32. The van der Waals surface area contributed by atoms with Crippen LogP contribution in [-0.2, 0) is 5.41 Å². The largest absolute Gasteiger partial charge is 0.350 e. The van der Waals surface area contributed by atoms with Crippen LogP contribution in [0.25, 0.3) is 0 Å². The number of carbonyl (C=O) groups excluding carboxylic acids is 1. The second-order valence-corrected chi connectivity index (χ2v) is 5.57. The summed E-state index contributed by atoms with van der Waals surface area (Å²) in [5.74, 6) is -0.390. The van der Waals surface area contributed by atoms with Gasteiger partial charge < -0.3 is 5.32 Å². The number of benzene rings is 1. The smallest absolute Gasteiger partial charge is 0.270 e. The standard InChI is InChI=1S/C14H13FN2OS/c15-11-3-1-2-10(6-11)14(4-5-14)8-16-13(18)12-7-19-9-17-12/h1-3,6-7,9H,4-5,8H2,(H,16,18). The highest BCUT2D eigenvalue weighted by atomic mass is 32.1. The van der Waals surface area contributed by atoms with Crippen molar-refractivity contribution >= 4 is 17.2 Å². The molecule has 1 heterocycles. The highest BCUT2D eigenvalue weighted by molar-refractivity contribution is 7.07. The van der Waals surface area contributed by atoms with Gasteiger partial charge in [-0.2, -0.15) is 0 Å². The van der Waals surface area contributed by atoms with Gasteiger partial charge in [0.2, 0.25) is 0 Å². The molecule has 0 saturated heterocycles. The second kappa shape index (κ2) is 4.74. The highest BCUT2D eigenvalue weighted by Crippen LogP contribution is 2.47. The minimum atomic E-state index is -0.227. The minimum absolute atomic E-state index is 0.0895. The Balaban J connectivity index is 1.68. The predicted octanol–water partition coefficient (Wildman–Crippen LogP) is 2.74. The van der Waals surface area contributed by atoms with E-state index in [2.05, 4.69) is 10.3 Å². The van der Waals surface area contributed by atoms with E-state index in [1.54, 1.807) is 23.0 Å². The Kier molecular flexibility index (Phi) is 3.06. The fraction of sp³-hybridized carbons (Fsp3) is 0.286. The molecule has 0 aliphatic heterocycles. The maximum absolute atomic E-state index is 13.3. The molecule has 1 aliphatic rings. The van der Waals surface area contributed by atoms with Crippen LogP contribution >= 0.6 is 11.3 Å². The van der Waals surface area contributed by atoms with E-state index in [1.807, 2.05) is 6.07 Å². The summed E-state index contributed by atoms with van der Waals surface area (Å²) in [5, 5.41) is 4.61. The number of nitrogens with one attached hydrogen (secondary N) is 1. The molecular weight excluding hydrogens is 263 g/mol. The quantitative estimate of drug-likeness (QED) is 0.933. The Morgan fingerprint density at radius 1 is 1.47 bits per heavy atom. The van der Waals surface area contributed by atoms with Crippen molar-refractivity contribution in [2.45, 2.75) is 18.3 Å². The number of aromatic nitrogens is 1. The molecule has 1 fully saturated rings. The van der Waals surface area contributed by atoms with E-state index < -0.39 is 0 Å². The summed E-state index contributed by atoms with van der Waals surface area (Å²) < 4.78 is 13.3. The zero-order chi connectivity index (χ0) is 13.3. The van der Waals surface area contributed by atoms with E-state index in [0.29, 0.717) is 12.2 Å². The van der Waals surface area contributed by atoms with Crippen LogP contribution in [0, 0.1) is 5.82 Å².